The number of nitriles is 1. The van der Waals surface area contributed by atoms with E-state index >= 15 is 0 Å². The Morgan fingerprint density at radius 2 is 1.80 bits per heavy atom. The maximum absolute atomic E-state index is 12.5. The molecule has 0 atom stereocenters. The van der Waals surface area contributed by atoms with Crippen LogP contribution in [-0.2, 0) is 10.0 Å². The maximum Gasteiger partial charge on any atom is 0.251 e. The van der Waals surface area contributed by atoms with Crippen LogP contribution in [0.25, 0.3) is 0 Å². The number of rotatable bonds is 6. The Kier molecular flexibility index (Phi) is 6.70. The minimum Gasteiger partial charge on any atom is -0.474 e. The second kappa shape index (κ2) is 9.24. The molecule has 2 aromatic rings. The predicted octanol–water partition coefficient (Wildman–Crippen LogP) is 2.32. The van der Waals surface area contributed by atoms with Crippen molar-refractivity contribution in [1.29, 1.82) is 5.26 Å². The second-order valence-electron chi connectivity index (χ2n) is 7.37. The van der Waals surface area contributed by atoms with E-state index in [-0.39, 0.29) is 22.9 Å². The number of ether oxygens (including phenoxy) is 1. The highest BCUT2D eigenvalue weighted by molar-refractivity contribution is 7.89. The van der Waals surface area contributed by atoms with E-state index in [2.05, 4.69) is 10.3 Å². The molecule has 0 aliphatic heterocycles. The van der Waals surface area contributed by atoms with Gasteiger partial charge in [0.25, 0.3) is 5.91 Å². The van der Waals surface area contributed by atoms with Crippen molar-refractivity contribution in [2.24, 2.45) is 0 Å². The fourth-order valence-electron chi connectivity index (χ4n) is 3.27. The number of nitrogens with one attached hydrogen (secondary N) is 1. The minimum absolute atomic E-state index is 0.0223. The van der Waals surface area contributed by atoms with E-state index in [1.165, 1.54) is 44.6 Å². The van der Waals surface area contributed by atoms with Crippen LogP contribution in [0.4, 0.5) is 0 Å². The Morgan fingerprint density at radius 1 is 1.13 bits per heavy atom. The number of aromatic nitrogens is 1. The van der Waals surface area contributed by atoms with Crippen LogP contribution in [0.3, 0.4) is 0 Å². The molecule has 0 unspecified atom stereocenters. The van der Waals surface area contributed by atoms with E-state index in [4.69, 9.17) is 10.00 Å². The van der Waals surface area contributed by atoms with Gasteiger partial charge in [0, 0.05) is 38.0 Å². The van der Waals surface area contributed by atoms with Crippen molar-refractivity contribution in [1.82, 2.24) is 14.6 Å². The van der Waals surface area contributed by atoms with Crippen LogP contribution in [0.1, 0.15) is 41.6 Å². The number of carbonyl (C=O) groups is 1. The SMILES string of the molecule is CN(C)S(=O)(=O)c1ccc(C(=O)NC2CCC(Oc3ccc(C#N)cn3)CC2)cc1. The van der Waals surface area contributed by atoms with E-state index in [0.29, 0.717) is 17.0 Å². The molecule has 9 heteroatoms. The molecule has 8 nitrogen and oxygen atoms in total. The summed E-state index contributed by atoms with van der Waals surface area (Å²) in [5.74, 6) is 0.274. The van der Waals surface area contributed by atoms with Crippen molar-refractivity contribution < 1.29 is 17.9 Å². The molecule has 0 saturated heterocycles. The van der Waals surface area contributed by atoms with Crippen molar-refractivity contribution in [2.75, 3.05) is 14.1 Å². The highest BCUT2D eigenvalue weighted by Crippen LogP contribution is 2.23. The molecule has 1 aromatic carbocycles. The maximum atomic E-state index is 12.5. The Hall–Kier alpha value is -2.96. The van der Waals surface area contributed by atoms with Crippen LogP contribution in [-0.4, -0.2) is 49.9 Å². The summed E-state index contributed by atoms with van der Waals surface area (Å²) in [7, 11) is -0.584. The molecule has 0 radical (unpaired) electrons. The summed E-state index contributed by atoms with van der Waals surface area (Å²) in [5, 5.41) is 11.8. The van der Waals surface area contributed by atoms with Gasteiger partial charge in [-0.25, -0.2) is 17.7 Å². The summed E-state index contributed by atoms with van der Waals surface area (Å²) in [6, 6.07) is 11.4. The van der Waals surface area contributed by atoms with Crippen molar-refractivity contribution in [3.8, 4) is 11.9 Å². The van der Waals surface area contributed by atoms with Gasteiger partial charge in [-0.2, -0.15) is 5.26 Å². The Labute approximate surface area is 176 Å². The second-order valence-corrected chi connectivity index (χ2v) is 9.53. The van der Waals surface area contributed by atoms with Gasteiger partial charge in [-0.15, -0.1) is 0 Å². The third-order valence-corrected chi connectivity index (χ3v) is 6.89. The minimum atomic E-state index is -3.52. The number of carbonyl (C=O) groups excluding carboxylic acids is 1. The van der Waals surface area contributed by atoms with Gasteiger partial charge >= 0.3 is 0 Å². The quantitative estimate of drug-likeness (QED) is 0.756. The third kappa shape index (κ3) is 5.14. The van der Waals surface area contributed by atoms with Crippen LogP contribution in [0.15, 0.2) is 47.5 Å². The molecule has 158 valence electrons. The molecule has 0 spiro atoms. The standard InChI is InChI=1S/C21H24N4O4S/c1-25(2)30(27,28)19-10-4-16(5-11-19)21(26)24-17-6-8-18(9-7-17)29-20-12-3-15(13-22)14-23-20/h3-5,10-12,14,17-18H,6-9H2,1-2H3,(H,24,26). The van der Waals surface area contributed by atoms with Crippen molar-refractivity contribution in [3.05, 3.63) is 53.7 Å². The van der Waals surface area contributed by atoms with E-state index in [1.54, 1.807) is 12.1 Å². The molecule has 1 fully saturated rings. The number of nitrogens with zero attached hydrogens (tertiary/aromatic N) is 3. The lowest BCUT2D eigenvalue weighted by molar-refractivity contribution is 0.0890. The predicted molar refractivity (Wildman–Crippen MR) is 110 cm³/mol. The largest absolute Gasteiger partial charge is 0.474 e. The lowest BCUT2D eigenvalue weighted by Crippen LogP contribution is -2.39. The summed E-state index contributed by atoms with van der Waals surface area (Å²) in [6.45, 7) is 0. The van der Waals surface area contributed by atoms with E-state index < -0.39 is 10.0 Å². The van der Waals surface area contributed by atoms with E-state index in [9.17, 15) is 13.2 Å². The normalized spacial score (nSPS) is 19.1. The number of hydrogen-bond acceptors (Lipinski definition) is 6. The van der Waals surface area contributed by atoms with Crippen LogP contribution in [0.2, 0.25) is 0 Å². The molecule has 1 heterocycles. The number of amides is 1. The number of hydrogen-bond donors (Lipinski definition) is 1. The van der Waals surface area contributed by atoms with Crippen LogP contribution < -0.4 is 10.1 Å². The number of sulfonamides is 1. The third-order valence-electron chi connectivity index (χ3n) is 5.06. The summed E-state index contributed by atoms with van der Waals surface area (Å²) in [5.41, 5.74) is 0.911. The first-order valence-corrected chi connectivity index (χ1v) is 11.1. The van der Waals surface area contributed by atoms with Gasteiger partial charge in [0.05, 0.1) is 10.5 Å². The van der Waals surface area contributed by atoms with E-state index in [1.807, 2.05) is 6.07 Å². The molecule has 1 amide bonds. The molecule has 1 aliphatic rings. The van der Waals surface area contributed by atoms with Gasteiger partial charge in [-0.1, -0.05) is 0 Å². The van der Waals surface area contributed by atoms with Crippen molar-refractivity contribution >= 4 is 15.9 Å². The zero-order valence-electron chi connectivity index (χ0n) is 16.9. The fraction of sp³-hybridized carbons (Fsp3) is 0.381. The van der Waals surface area contributed by atoms with Crippen molar-refractivity contribution in [3.63, 3.8) is 0 Å². The Morgan fingerprint density at radius 3 is 2.33 bits per heavy atom. The first-order chi connectivity index (χ1) is 14.3. The zero-order chi connectivity index (χ0) is 21.7. The van der Waals surface area contributed by atoms with Crippen LogP contribution in [0.5, 0.6) is 5.88 Å². The van der Waals surface area contributed by atoms with Gasteiger partial charge in [-0.3, -0.25) is 4.79 Å². The number of pyridine rings is 1. The average molecular weight is 429 g/mol. The highest BCUT2D eigenvalue weighted by atomic mass is 32.2. The van der Waals surface area contributed by atoms with Gasteiger partial charge < -0.3 is 10.1 Å². The van der Waals surface area contributed by atoms with Gasteiger partial charge in [0.15, 0.2) is 0 Å². The summed E-state index contributed by atoms with van der Waals surface area (Å²) < 4.78 is 31.2. The number of benzene rings is 1. The van der Waals surface area contributed by atoms with E-state index in [0.717, 1.165) is 30.0 Å². The first kappa shape index (κ1) is 21.7. The zero-order valence-corrected chi connectivity index (χ0v) is 17.7. The lowest BCUT2D eigenvalue weighted by Gasteiger charge is -2.29. The molecule has 0 bridgehead atoms. The molecule has 30 heavy (non-hydrogen) atoms. The molecular formula is C21H24N4O4S. The first-order valence-electron chi connectivity index (χ1n) is 9.66. The van der Waals surface area contributed by atoms with Crippen LogP contribution >= 0.6 is 0 Å². The Balaban J connectivity index is 1.51. The summed E-state index contributed by atoms with van der Waals surface area (Å²) in [6.07, 6.45) is 4.63. The summed E-state index contributed by atoms with van der Waals surface area (Å²) >= 11 is 0. The Bertz CT molecular complexity index is 1020. The lowest BCUT2D eigenvalue weighted by atomic mass is 9.92. The van der Waals surface area contributed by atoms with Gasteiger partial charge in [-0.05, 0) is 56.0 Å². The van der Waals surface area contributed by atoms with Crippen molar-refractivity contribution in [2.45, 2.75) is 42.7 Å². The molecular weight excluding hydrogens is 404 g/mol. The topological polar surface area (TPSA) is 112 Å². The molecule has 1 saturated carbocycles. The highest BCUT2D eigenvalue weighted by Gasteiger charge is 2.24. The van der Waals surface area contributed by atoms with Crippen LogP contribution in [0, 0.1) is 11.3 Å². The molecule has 3 rings (SSSR count). The monoisotopic (exact) mass is 428 g/mol. The smallest absolute Gasteiger partial charge is 0.251 e. The van der Waals surface area contributed by atoms with Gasteiger partial charge in [0.2, 0.25) is 15.9 Å². The average Bonchev–Trinajstić information content (AvgIpc) is 2.75. The molecule has 1 aliphatic carbocycles. The van der Waals surface area contributed by atoms with Gasteiger partial charge in [0.1, 0.15) is 12.2 Å². The summed E-state index contributed by atoms with van der Waals surface area (Å²) in [4.78, 5) is 16.8. The molecule has 1 aromatic heterocycles. The fourth-order valence-corrected chi connectivity index (χ4v) is 4.17. The molecule has 1 N–H and O–H groups in total.